The number of pyridine rings is 1. The number of nitrogens with one attached hydrogen (secondary N) is 1. The summed E-state index contributed by atoms with van der Waals surface area (Å²) in [4.78, 5) is 22.1. The molecule has 1 aromatic heterocycles. The maximum absolute atomic E-state index is 12.8. The van der Waals surface area contributed by atoms with E-state index in [-0.39, 0.29) is 11.8 Å². The van der Waals surface area contributed by atoms with Gasteiger partial charge in [0.25, 0.3) is 0 Å². The predicted molar refractivity (Wildman–Crippen MR) is 120 cm³/mol. The molecule has 1 atom stereocenters. The topological polar surface area (TPSA) is 48.5 Å². The predicted octanol–water partition coefficient (Wildman–Crippen LogP) is 3.38. The second-order valence-electron chi connectivity index (χ2n) is 8.84. The van der Waals surface area contributed by atoms with Crippen LogP contribution >= 0.6 is 0 Å². The number of amides is 1. The van der Waals surface area contributed by atoms with Crippen LogP contribution in [0.15, 0.2) is 48.8 Å². The van der Waals surface area contributed by atoms with Crippen LogP contribution in [0.25, 0.3) is 0 Å². The zero-order chi connectivity index (χ0) is 20.8. The van der Waals surface area contributed by atoms with Gasteiger partial charge in [-0.25, -0.2) is 0 Å². The molecule has 30 heavy (non-hydrogen) atoms. The Morgan fingerprint density at radius 1 is 1.07 bits per heavy atom. The van der Waals surface area contributed by atoms with Crippen LogP contribution in [0.4, 0.5) is 0 Å². The van der Waals surface area contributed by atoms with Crippen molar-refractivity contribution in [1.82, 2.24) is 20.1 Å². The van der Waals surface area contributed by atoms with E-state index in [0.717, 1.165) is 45.6 Å². The van der Waals surface area contributed by atoms with E-state index in [1.54, 1.807) is 0 Å². The average molecular weight is 407 g/mol. The van der Waals surface area contributed by atoms with Crippen molar-refractivity contribution in [3.8, 4) is 0 Å². The smallest absolute Gasteiger partial charge is 0.224 e. The van der Waals surface area contributed by atoms with Crippen LogP contribution in [0.3, 0.4) is 0 Å². The van der Waals surface area contributed by atoms with Gasteiger partial charge in [0, 0.05) is 38.1 Å². The lowest BCUT2D eigenvalue weighted by atomic mass is 9.93. The van der Waals surface area contributed by atoms with Crippen molar-refractivity contribution in [1.29, 1.82) is 0 Å². The van der Waals surface area contributed by atoms with E-state index in [0.29, 0.717) is 12.6 Å². The molecule has 0 radical (unpaired) electrons. The second-order valence-corrected chi connectivity index (χ2v) is 8.84. The van der Waals surface area contributed by atoms with Crippen molar-refractivity contribution >= 4 is 5.91 Å². The number of piperidine rings is 2. The maximum Gasteiger partial charge on any atom is 0.224 e. The first-order valence-corrected chi connectivity index (χ1v) is 11.4. The monoisotopic (exact) mass is 406 g/mol. The zero-order valence-corrected chi connectivity index (χ0v) is 18.1. The minimum Gasteiger partial charge on any atom is -0.352 e. The van der Waals surface area contributed by atoms with Crippen LogP contribution in [0.1, 0.15) is 42.4 Å². The molecule has 0 saturated carbocycles. The molecule has 2 aliphatic heterocycles. The number of carbonyl (C=O) groups is 1. The number of likely N-dealkylation sites (tertiary alicyclic amines) is 2. The lowest BCUT2D eigenvalue weighted by Crippen LogP contribution is -2.50. The summed E-state index contributed by atoms with van der Waals surface area (Å²) in [6.07, 6.45) is 8.28. The lowest BCUT2D eigenvalue weighted by molar-refractivity contribution is -0.127. The molecule has 0 aliphatic carbocycles. The third-order valence-electron chi connectivity index (χ3n) is 6.77. The van der Waals surface area contributed by atoms with Gasteiger partial charge in [-0.05, 0) is 81.1 Å². The largest absolute Gasteiger partial charge is 0.352 e. The van der Waals surface area contributed by atoms with Crippen molar-refractivity contribution in [3.05, 3.63) is 65.5 Å². The molecular weight excluding hydrogens is 372 g/mol. The van der Waals surface area contributed by atoms with E-state index < -0.39 is 0 Å². The van der Waals surface area contributed by atoms with Gasteiger partial charge >= 0.3 is 0 Å². The number of nitrogens with zero attached hydrogens (tertiary/aromatic N) is 3. The van der Waals surface area contributed by atoms with E-state index in [9.17, 15) is 4.79 Å². The molecule has 4 rings (SSSR count). The molecule has 0 spiro atoms. The molecule has 0 bridgehead atoms. The van der Waals surface area contributed by atoms with E-state index in [1.807, 2.05) is 24.5 Å². The van der Waals surface area contributed by atoms with Gasteiger partial charge in [-0.2, -0.15) is 0 Å². The number of benzene rings is 1. The molecular formula is C25H34N4O. The lowest BCUT2D eigenvalue weighted by Gasteiger charge is -2.42. The molecule has 1 unspecified atom stereocenters. The normalized spacial score (nSPS) is 21.4. The van der Waals surface area contributed by atoms with E-state index in [4.69, 9.17) is 0 Å². The Kier molecular flexibility index (Phi) is 7.13. The summed E-state index contributed by atoms with van der Waals surface area (Å²) in [6, 6.07) is 13.1. The van der Waals surface area contributed by atoms with Crippen molar-refractivity contribution in [2.75, 3.05) is 26.2 Å². The first-order valence-electron chi connectivity index (χ1n) is 11.4. The van der Waals surface area contributed by atoms with Gasteiger partial charge in [0.05, 0.1) is 5.92 Å². The van der Waals surface area contributed by atoms with Crippen LogP contribution in [0, 0.1) is 12.8 Å². The summed E-state index contributed by atoms with van der Waals surface area (Å²) >= 11 is 0. The Balaban J connectivity index is 1.24. The summed E-state index contributed by atoms with van der Waals surface area (Å²) in [5.74, 6) is 0.343. The Labute approximate surface area is 180 Å². The number of aryl methyl sites for hydroxylation is 1. The summed E-state index contributed by atoms with van der Waals surface area (Å²) in [5.41, 5.74) is 3.79. The fourth-order valence-electron chi connectivity index (χ4n) is 4.88. The fraction of sp³-hybridized carbons (Fsp3) is 0.520. The van der Waals surface area contributed by atoms with E-state index in [2.05, 4.69) is 51.3 Å². The van der Waals surface area contributed by atoms with Crippen molar-refractivity contribution in [2.45, 2.75) is 51.7 Å². The van der Waals surface area contributed by atoms with E-state index in [1.165, 1.54) is 29.5 Å². The summed E-state index contributed by atoms with van der Waals surface area (Å²) in [7, 11) is 0. The van der Waals surface area contributed by atoms with Gasteiger partial charge in [0.15, 0.2) is 0 Å². The van der Waals surface area contributed by atoms with Gasteiger partial charge in [-0.3, -0.25) is 19.6 Å². The third-order valence-corrected chi connectivity index (χ3v) is 6.77. The van der Waals surface area contributed by atoms with Gasteiger partial charge in [-0.1, -0.05) is 24.3 Å². The minimum absolute atomic E-state index is 0.123. The highest BCUT2D eigenvalue weighted by Gasteiger charge is 2.31. The van der Waals surface area contributed by atoms with Crippen molar-refractivity contribution < 1.29 is 4.79 Å². The van der Waals surface area contributed by atoms with Gasteiger partial charge < -0.3 is 5.32 Å². The van der Waals surface area contributed by atoms with Crippen LogP contribution in [0.2, 0.25) is 0 Å². The zero-order valence-electron chi connectivity index (χ0n) is 18.1. The second kappa shape index (κ2) is 10.2. The van der Waals surface area contributed by atoms with Crippen molar-refractivity contribution in [2.24, 2.45) is 5.92 Å². The van der Waals surface area contributed by atoms with Crippen LogP contribution in [-0.4, -0.2) is 52.9 Å². The minimum atomic E-state index is 0.123. The maximum atomic E-state index is 12.8. The number of carbonyl (C=O) groups excluding carboxylic acids is 1. The van der Waals surface area contributed by atoms with Crippen LogP contribution in [0.5, 0.6) is 0 Å². The summed E-state index contributed by atoms with van der Waals surface area (Å²) in [6.45, 7) is 8.06. The quantitative estimate of drug-likeness (QED) is 0.799. The van der Waals surface area contributed by atoms with Gasteiger partial charge in [-0.15, -0.1) is 0 Å². The molecule has 160 valence electrons. The van der Waals surface area contributed by atoms with Crippen LogP contribution < -0.4 is 5.32 Å². The molecule has 2 fully saturated rings. The highest BCUT2D eigenvalue weighted by molar-refractivity contribution is 5.79. The summed E-state index contributed by atoms with van der Waals surface area (Å²) in [5, 5.41) is 3.19. The number of hydrogen-bond acceptors (Lipinski definition) is 4. The molecule has 2 aliphatic rings. The fourth-order valence-corrected chi connectivity index (χ4v) is 4.88. The Hall–Kier alpha value is -2.24. The number of aromatic nitrogens is 1. The van der Waals surface area contributed by atoms with Crippen molar-refractivity contribution in [3.63, 3.8) is 0 Å². The van der Waals surface area contributed by atoms with Gasteiger partial charge in [0.2, 0.25) is 5.91 Å². The standard InChI is InChI=1S/C25H34N4O/c1-20-5-2-3-6-22(20)17-27-25(30)23-7-4-14-29(19-23)24-10-15-28(16-11-24)18-21-8-12-26-13-9-21/h2-3,5-6,8-9,12-13,23-24H,4,7,10-11,14-19H2,1H3,(H,27,30). The molecule has 5 heteroatoms. The molecule has 1 N–H and O–H groups in total. The molecule has 1 amide bonds. The highest BCUT2D eigenvalue weighted by Crippen LogP contribution is 2.25. The molecule has 2 aromatic rings. The SMILES string of the molecule is Cc1ccccc1CNC(=O)C1CCCN(C2CCN(Cc3ccncc3)CC2)C1. The Morgan fingerprint density at radius 2 is 1.83 bits per heavy atom. The first kappa shape index (κ1) is 21.0. The van der Waals surface area contributed by atoms with E-state index >= 15 is 0 Å². The third kappa shape index (κ3) is 5.46. The highest BCUT2D eigenvalue weighted by atomic mass is 16.1. The van der Waals surface area contributed by atoms with Gasteiger partial charge in [0.1, 0.15) is 0 Å². The summed E-state index contributed by atoms with van der Waals surface area (Å²) < 4.78 is 0. The molecule has 5 nitrogen and oxygen atoms in total. The first-order chi connectivity index (χ1) is 14.7. The Morgan fingerprint density at radius 3 is 2.60 bits per heavy atom. The number of hydrogen-bond donors (Lipinski definition) is 1. The molecule has 1 aromatic carbocycles. The van der Waals surface area contributed by atoms with Crippen LogP contribution in [-0.2, 0) is 17.9 Å². The molecule has 3 heterocycles. The Bertz CT molecular complexity index is 817. The average Bonchev–Trinajstić information content (AvgIpc) is 2.80. The molecule has 2 saturated heterocycles. The number of rotatable bonds is 6.